The highest BCUT2D eigenvalue weighted by Gasteiger charge is 2.22. The number of rotatable bonds is 8. The first kappa shape index (κ1) is 21.9. The van der Waals surface area contributed by atoms with Crippen LogP contribution in [-0.2, 0) is 0 Å². The van der Waals surface area contributed by atoms with Crippen LogP contribution in [0.15, 0.2) is 63.1 Å². The number of hydrogen-bond donors (Lipinski definition) is 2. The van der Waals surface area contributed by atoms with Crippen LogP contribution in [0.2, 0.25) is 0 Å². The highest BCUT2D eigenvalue weighted by Crippen LogP contribution is 2.36. The Bertz CT molecular complexity index is 1040. The van der Waals surface area contributed by atoms with Crippen LogP contribution >= 0.6 is 23.1 Å². The van der Waals surface area contributed by atoms with Gasteiger partial charge in [-0.1, -0.05) is 42.1 Å². The van der Waals surface area contributed by atoms with Crippen molar-refractivity contribution in [3.05, 3.63) is 80.8 Å². The summed E-state index contributed by atoms with van der Waals surface area (Å²) < 4.78 is 0.729. The molecule has 0 fully saturated rings. The molecular weight excluding hydrogens is 420 g/mol. The molecule has 1 heterocycles. The molecule has 156 valence electrons. The third-order valence-corrected chi connectivity index (χ3v) is 6.70. The predicted octanol–water partition coefficient (Wildman–Crippen LogP) is 3.13. The number of benzene rings is 2. The first-order valence-corrected chi connectivity index (χ1v) is 11.1. The van der Waals surface area contributed by atoms with Crippen LogP contribution in [0.3, 0.4) is 0 Å². The Kier molecular flexibility index (Phi) is 7.20. The number of nitrogens with zero attached hydrogens (tertiary/aromatic N) is 2. The number of likely N-dealkylation sites (N-methyl/N-ethyl adjacent to an activating group) is 1. The molecular formula is C21H23N4O3S2+. The van der Waals surface area contributed by atoms with E-state index in [9.17, 15) is 14.9 Å². The Morgan fingerprint density at radius 3 is 2.60 bits per heavy atom. The van der Waals surface area contributed by atoms with Gasteiger partial charge >= 0.3 is 0 Å². The average molecular weight is 444 g/mol. The predicted molar refractivity (Wildman–Crippen MR) is 118 cm³/mol. The van der Waals surface area contributed by atoms with Crippen molar-refractivity contribution in [1.29, 1.82) is 0 Å². The number of aryl methyl sites for hydroxylation is 1. The van der Waals surface area contributed by atoms with Gasteiger partial charge < -0.3 is 10.2 Å². The lowest BCUT2D eigenvalue weighted by molar-refractivity contribution is -0.890. The van der Waals surface area contributed by atoms with E-state index in [0.29, 0.717) is 11.4 Å². The topological polar surface area (TPSA) is 89.6 Å². The zero-order valence-corrected chi connectivity index (χ0v) is 18.5. The highest BCUT2D eigenvalue weighted by molar-refractivity contribution is 8.01. The van der Waals surface area contributed by atoms with E-state index in [1.807, 2.05) is 56.7 Å². The molecule has 1 atom stereocenters. The number of carbonyl (C=O) groups is 1. The molecule has 30 heavy (non-hydrogen) atoms. The molecule has 0 aliphatic carbocycles. The van der Waals surface area contributed by atoms with Crippen LogP contribution in [0, 0.1) is 17.0 Å². The molecule has 0 aliphatic heterocycles. The number of thiazole rings is 1. The first-order valence-electron chi connectivity index (χ1n) is 9.36. The van der Waals surface area contributed by atoms with E-state index in [0.717, 1.165) is 15.6 Å². The van der Waals surface area contributed by atoms with E-state index in [-0.39, 0.29) is 23.2 Å². The summed E-state index contributed by atoms with van der Waals surface area (Å²) in [7, 11) is 4.06. The summed E-state index contributed by atoms with van der Waals surface area (Å²) in [6.07, 6.45) is 0. The van der Waals surface area contributed by atoms with Gasteiger partial charge in [0.1, 0.15) is 6.04 Å². The monoisotopic (exact) mass is 443 g/mol. The maximum absolute atomic E-state index is 12.7. The van der Waals surface area contributed by atoms with Gasteiger partial charge in [0, 0.05) is 28.3 Å². The molecule has 0 aliphatic rings. The third-order valence-electron chi connectivity index (χ3n) is 4.58. The molecule has 2 aromatic carbocycles. The number of carbonyl (C=O) groups excluding carboxylic acids is 1. The Labute approximate surface area is 183 Å². The first-order chi connectivity index (χ1) is 14.3. The summed E-state index contributed by atoms with van der Waals surface area (Å²) in [6, 6.07) is 14.6. The molecule has 0 bridgehead atoms. The van der Waals surface area contributed by atoms with E-state index in [4.69, 9.17) is 0 Å². The number of aromatic nitrogens is 1. The molecule has 1 amide bonds. The zero-order chi connectivity index (χ0) is 21.7. The van der Waals surface area contributed by atoms with Crippen molar-refractivity contribution in [2.75, 3.05) is 20.6 Å². The minimum Gasteiger partial charge on any atom is -0.346 e. The largest absolute Gasteiger partial charge is 0.346 e. The maximum Gasteiger partial charge on any atom is 0.284 e. The summed E-state index contributed by atoms with van der Waals surface area (Å²) in [5, 5.41) is 16.4. The van der Waals surface area contributed by atoms with Crippen LogP contribution in [0.5, 0.6) is 0 Å². The zero-order valence-electron chi connectivity index (χ0n) is 16.9. The van der Waals surface area contributed by atoms with E-state index in [2.05, 4.69) is 10.3 Å². The summed E-state index contributed by atoms with van der Waals surface area (Å²) in [4.78, 5) is 29.8. The normalized spacial score (nSPS) is 12.0. The number of nitro benzene ring substituents is 1. The smallest absolute Gasteiger partial charge is 0.284 e. The van der Waals surface area contributed by atoms with Crippen molar-refractivity contribution >= 4 is 34.7 Å². The summed E-state index contributed by atoms with van der Waals surface area (Å²) in [5.74, 6) is -0.332. The molecule has 0 saturated heterocycles. The molecule has 7 nitrogen and oxygen atoms in total. The lowest BCUT2D eigenvalue weighted by atomic mass is 10.1. The average Bonchev–Trinajstić information content (AvgIpc) is 3.13. The SMILES string of the molecule is Cc1csc(Sc2ccc(C(=O)NC[C@H](c3ccccc3)[NH+](C)C)cc2[N+](=O)[O-])n1. The Morgan fingerprint density at radius 2 is 2.00 bits per heavy atom. The lowest BCUT2D eigenvalue weighted by Gasteiger charge is -2.22. The lowest BCUT2D eigenvalue weighted by Crippen LogP contribution is -3.07. The van der Waals surface area contributed by atoms with Gasteiger partial charge in [-0.3, -0.25) is 14.9 Å². The molecule has 0 radical (unpaired) electrons. The van der Waals surface area contributed by atoms with Gasteiger partial charge in [-0.15, -0.1) is 11.3 Å². The summed E-state index contributed by atoms with van der Waals surface area (Å²) in [5.41, 5.74) is 2.16. The van der Waals surface area contributed by atoms with Crippen molar-refractivity contribution < 1.29 is 14.6 Å². The van der Waals surface area contributed by atoms with Crippen molar-refractivity contribution in [3.63, 3.8) is 0 Å². The Balaban J connectivity index is 1.75. The molecule has 9 heteroatoms. The van der Waals surface area contributed by atoms with Crippen molar-refractivity contribution in [3.8, 4) is 0 Å². The standard InChI is InChI=1S/C21H22N4O3S2/c1-14-13-29-21(23-14)30-19-10-9-16(11-17(19)25(27)28)20(26)22-12-18(24(2)3)15-7-5-4-6-8-15/h4-11,13,18H,12H2,1-3H3,(H,22,26)/p+1/t18-/m1/s1. The number of hydrogen-bond acceptors (Lipinski definition) is 6. The van der Waals surface area contributed by atoms with Gasteiger partial charge in [0.25, 0.3) is 11.6 Å². The Hall–Kier alpha value is -2.75. The molecule has 3 rings (SSSR count). The van der Waals surface area contributed by atoms with Crippen molar-refractivity contribution in [1.82, 2.24) is 10.3 Å². The minimum absolute atomic E-state index is 0.0770. The van der Waals surface area contributed by atoms with Crippen LogP contribution in [0.4, 0.5) is 5.69 Å². The molecule has 0 unspecified atom stereocenters. The minimum atomic E-state index is -0.462. The van der Waals surface area contributed by atoms with Crippen LogP contribution in [-0.4, -0.2) is 36.5 Å². The Morgan fingerprint density at radius 1 is 1.27 bits per heavy atom. The fourth-order valence-corrected chi connectivity index (χ4v) is 4.88. The quantitative estimate of drug-likeness (QED) is 0.412. The molecule has 0 saturated carbocycles. The van der Waals surface area contributed by atoms with Crippen LogP contribution < -0.4 is 10.2 Å². The van der Waals surface area contributed by atoms with Gasteiger partial charge in [-0.05, 0) is 19.1 Å². The van der Waals surface area contributed by atoms with E-state index < -0.39 is 4.92 Å². The molecule has 1 aromatic heterocycles. The second-order valence-electron chi connectivity index (χ2n) is 7.05. The van der Waals surface area contributed by atoms with Crippen LogP contribution in [0.1, 0.15) is 27.7 Å². The van der Waals surface area contributed by atoms with E-state index in [1.165, 1.54) is 34.1 Å². The molecule has 0 spiro atoms. The highest BCUT2D eigenvalue weighted by atomic mass is 32.2. The van der Waals surface area contributed by atoms with Gasteiger partial charge in [-0.2, -0.15) is 0 Å². The number of quaternary nitrogens is 1. The van der Waals surface area contributed by atoms with Gasteiger partial charge in [0.2, 0.25) is 0 Å². The van der Waals surface area contributed by atoms with Gasteiger partial charge in [0.15, 0.2) is 4.34 Å². The second-order valence-corrected chi connectivity index (χ2v) is 9.19. The summed E-state index contributed by atoms with van der Waals surface area (Å²) in [6.45, 7) is 2.30. The second kappa shape index (κ2) is 9.84. The number of amides is 1. The van der Waals surface area contributed by atoms with E-state index in [1.54, 1.807) is 12.1 Å². The fraction of sp³-hybridized carbons (Fsp3) is 0.238. The van der Waals surface area contributed by atoms with Gasteiger partial charge in [-0.25, -0.2) is 4.98 Å². The summed E-state index contributed by atoms with van der Waals surface area (Å²) >= 11 is 2.67. The number of nitro groups is 1. The fourth-order valence-electron chi connectivity index (χ4n) is 3.00. The molecule has 2 N–H and O–H groups in total. The number of nitrogens with one attached hydrogen (secondary N) is 2. The van der Waals surface area contributed by atoms with E-state index >= 15 is 0 Å². The molecule has 3 aromatic rings. The maximum atomic E-state index is 12.7. The van der Waals surface area contributed by atoms with Crippen molar-refractivity contribution in [2.24, 2.45) is 0 Å². The third kappa shape index (κ3) is 5.44. The van der Waals surface area contributed by atoms with Gasteiger partial charge in [0.05, 0.1) is 30.5 Å². The van der Waals surface area contributed by atoms with Crippen molar-refractivity contribution in [2.45, 2.75) is 22.2 Å². The van der Waals surface area contributed by atoms with Crippen LogP contribution in [0.25, 0.3) is 0 Å².